The molecule has 1 aliphatic heterocycles. The Balaban J connectivity index is 2.12. The van der Waals surface area contributed by atoms with Crippen molar-refractivity contribution in [3.05, 3.63) is 29.8 Å². The largest absolute Gasteiger partial charge is 0.243 e. The fourth-order valence-corrected chi connectivity index (χ4v) is 6.43. The number of sulfone groups is 1. The molecule has 136 valence electrons. The van der Waals surface area contributed by atoms with Gasteiger partial charge in [0.2, 0.25) is 10.0 Å². The number of piperidine rings is 1. The van der Waals surface area contributed by atoms with E-state index in [2.05, 4.69) is 0 Å². The molecule has 0 bridgehead atoms. The molecule has 0 aliphatic carbocycles. The van der Waals surface area contributed by atoms with Gasteiger partial charge in [-0.2, -0.15) is 4.31 Å². The highest BCUT2D eigenvalue weighted by atomic mass is 32.2. The van der Waals surface area contributed by atoms with Crippen molar-refractivity contribution in [2.24, 2.45) is 5.92 Å². The Morgan fingerprint density at radius 3 is 2.17 bits per heavy atom. The van der Waals surface area contributed by atoms with E-state index in [0.29, 0.717) is 6.07 Å². The van der Waals surface area contributed by atoms with Gasteiger partial charge in [0.1, 0.15) is 0 Å². The predicted octanol–water partition coefficient (Wildman–Crippen LogP) is 2.19. The summed E-state index contributed by atoms with van der Waals surface area (Å²) in [6.07, 6.45) is 0.413. The lowest BCUT2D eigenvalue weighted by Crippen LogP contribution is -2.43. The summed E-state index contributed by atoms with van der Waals surface area (Å²) >= 11 is 0. The van der Waals surface area contributed by atoms with Crippen molar-refractivity contribution < 1.29 is 25.6 Å². The average Bonchev–Trinajstić information content (AvgIpc) is 2.49. The quantitative estimate of drug-likeness (QED) is 0.784. The van der Waals surface area contributed by atoms with Gasteiger partial charge in [-0.15, -0.1) is 0 Å². The molecule has 5 nitrogen and oxygen atoms in total. The third kappa shape index (κ3) is 4.12. The van der Waals surface area contributed by atoms with Gasteiger partial charge >= 0.3 is 0 Å². The monoisotopic (exact) mass is 381 g/mol. The van der Waals surface area contributed by atoms with E-state index in [4.69, 9.17) is 0 Å². The van der Waals surface area contributed by atoms with E-state index >= 15 is 0 Å². The van der Waals surface area contributed by atoms with Crippen LogP contribution in [0, 0.1) is 17.6 Å². The van der Waals surface area contributed by atoms with Crippen LogP contribution in [0.2, 0.25) is 0 Å². The normalized spacial score (nSPS) is 18.2. The number of nitrogens with zero attached hydrogens (tertiary/aromatic N) is 1. The van der Waals surface area contributed by atoms with E-state index in [1.807, 2.05) is 13.8 Å². The molecule has 1 aromatic rings. The van der Waals surface area contributed by atoms with Crippen LogP contribution in [-0.2, 0) is 19.9 Å². The summed E-state index contributed by atoms with van der Waals surface area (Å²) in [6.45, 7) is 3.73. The van der Waals surface area contributed by atoms with Gasteiger partial charge in [0, 0.05) is 13.1 Å². The van der Waals surface area contributed by atoms with Gasteiger partial charge in [-0.3, -0.25) is 0 Å². The predicted molar refractivity (Wildman–Crippen MR) is 86.8 cm³/mol. The summed E-state index contributed by atoms with van der Waals surface area (Å²) < 4.78 is 76.8. The zero-order valence-electron chi connectivity index (χ0n) is 13.6. The van der Waals surface area contributed by atoms with E-state index in [9.17, 15) is 25.6 Å². The van der Waals surface area contributed by atoms with Crippen LogP contribution >= 0.6 is 0 Å². The number of benzene rings is 1. The summed E-state index contributed by atoms with van der Waals surface area (Å²) in [4.78, 5) is -0.329. The van der Waals surface area contributed by atoms with Crippen molar-refractivity contribution in [1.29, 1.82) is 0 Å². The second kappa shape index (κ2) is 7.05. The van der Waals surface area contributed by atoms with Crippen molar-refractivity contribution in [3.63, 3.8) is 0 Å². The van der Waals surface area contributed by atoms with Gasteiger partial charge in [-0.1, -0.05) is 13.8 Å². The first kappa shape index (κ1) is 19.3. The third-order valence-corrected chi connectivity index (χ3v) is 8.52. The fourth-order valence-electron chi connectivity index (χ4n) is 2.82. The summed E-state index contributed by atoms with van der Waals surface area (Å²) in [5.41, 5.74) is 0. The van der Waals surface area contributed by atoms with Crippen molar-refractivity contribution in [2.75, 3.05) is 18.8 Å². The second-order valence-corrected chi connectivity index (χ2v) is 10.7. The highest BCUT2D eigenvalue weighted by Gasteiger charge is 2.35. The fraction of sp³-hybridized carbons (Fsp3) is 0.600. The van der Waals surface area contributed by atoms with Gasteiger partial charge in [-0.25, -0.2) is 25.6 Å². The number of sulfonamides is 1. The number of rotatable bonds is 5. The molecular weight excluding hydrogens is 360 g/mol. The molecule has 9 heteroatoms. The molecule has 0 atom stereocenters. The van der Waals surface area contributed by atoms with Crippen LogP contribution in [0.1, 0.15) is 26.7 Å². The molecule has 0 amide bonds. The van der Waals surface area contributed by atoms with E-state index in [0.717, 1.165) is 16.4 Å². The van der Waals surface area contributed by atoms with Gasteiger partial charge in [0.25, 0.3) is 0 Å². The minimum atomic E-state index is -3.96. The van der Waals surface area contributed by atoms with Crippen molar-refractivity contribution >= 4 is 19.9 Å². The summed E-state index contributed by atoms with van der Waals surface area (Å²) in [5, 5.41) is -0.559. The molecular formula is C15H21F2NO4S2. The number of halogens is 2. The number of hydrogen-bond donors (Lipinski definition) is 0. The van der Waals surface area contributed by atoms with Gasteiger partial charge in [0.15, 0.2) is 21.5 Å². The lowest BCUT2D eigenvalue weighted by Gasteiger charge is -2.31. The van der Waals surface area contributed by atoms with Crippen molar-refractivity contribution in [1.82, 2.24) is 4.31 Å². The molecule has 1 aromatic carbocycles. The molecule has 1 aliphatic rings. The smallest absolute Gasteiger partial charge is 0.229 e. The van der Waals surface area contributed by atoms with Gasteiger partial charge in [0.05, 0.1) is 15.9 Å². The molecule has 0 saturated carbocycles. The van der Waals surface area contributed by atoms with Crippen LogP contribution in [-0.4, -0.2) is 45.2 Å². The van der Waals surface area contributed by atoms with Crippen LogP contribution in [0.5, 0.6) is 0 Å². The first-order chi connectivity index (χ1) is 11.0. The van der Waals surface area contributed by atoms with Gasteiger partial charge < -0.3 is 0 Å². The first-order valence-electron chi connectivity index (χ1n) is 7.71. The van der Waals surface area contributed by atoms with E-state index in [1.165, 1.54) is 0 Å². The Morgan fingerprint density at radius 1 is 1.08 bits per heavy atom. The first-order valence-corrected chi connectivity index (χ1v) is 10.9. The minimum absolute atomic E-state index is 0.0129. The second-order valence-electron chi connectivity index (χ2n) is 6.40. The molecule has 0 aromatic heterocycles. The summed E-state index contributed by atoms with van der Waals surface area (Å²) in [6, 6.07) is 2.42. The Morgan fingerprint density at radius 2 is 1.67 bits per heavy atom. The van der Waals surface area contributed by atoms with Crippen LogP contribution < -0.4 is 0 Å². The van der Waals surface area contributed by atoms with Crippen LogP contribution in [0.3, 0.4) is 0 Å². The standard InChI is InChI=1S/C15H21F2NO4S2/c1-11(2)10-23(19,20)12-5-7-18(8-6-12)24(21,22)13-3-4-14(16)15(17)9-13/h3-4,9,11-12H,5-8,10H2,1-2H3. The van der Waals surface area contributed by atoms with E-state index in [-0.39, 0.29) is 42.5 Å². The number of hydrogen-bond acceptors (Lipinski definition) is 4. The Bertz CT molecular complexity index is 799. The molecule has 24 heavy (non-hydrogen) atoms. The van der Waals surface area contributed by atoms with Crippen LogP contribution in [0.15, 0.2) is 23.1 Å². The molecule has 1 saturated heterocycles. The Kier molecular flexibility index (Phi) is 5.66. The highest BCUT2D eigenvalue weighted by Crippen LogP contribution is 2.25. The molecule has 1 fully saturated rings. The van der Waals surface area contributed by atoms with Crippen LogP contribution in [0.4, 0.5) is 8.78 Å². The Labute approximate surface area is 141 Å². The van der Waals surface area contributed by atoms with Crippen LogP contribution in [0.25, 0.3) is 0 Å². The molecule has 0 spiro atoms. The molecule has 2 rings (SSSR count). The Hall–Kier alpha value is -1.06. The lowest BCUT2D eigenvalue weighted by atomic mass is 10.2. The average molecular weight is 381 g/mol. The molecule has 1 heterocycles. The topological polar surface area (TPSA) is 71.5 Å². The summed E-state index contributed by atoms with van der Waals surface area (Å²) in [7, 11) is -7.22. The summed E-state index contributed by atoms with van der Waals surface area (Å²) in [5.74, 6) is -2.26. The van der Waals surface area contributed by atoms with E-state index < -0.39 is 36.7 Å². The molecule has 0 unspecified atom stereocenters. The maximum atomic E-state index is 13.3. The van der Waals surface area contributed by atoms with Gasteiger partial charge in [-0.05, 0) is 37.0 Å². The highest BCUT2D eigenvalue weighted by molar-refractivity contribution is 7.92. The molecule has 0 radical (unpaired) electrons. The molecule has 0 N–H and O–H groups in total. The van der Waals surface area contributed by atoms with E-state index in [1.54, 1.807) is 0 Å². The van der Waals surface area contributed by atoms with Crippen molar-refractivity contribution in [2.45, 2.75) is 36.8 Å². The zero-order valence-corrected chi connectivity index (χ0v) is 15.2. The maximum absolute atomic E-state index is 13.3. The SMILES string of the molecule is CC(C)CS(=O)(=O)C1CCN(S(=O)(=O)c2ccc(F)c(F)c2)CC1. The maximum Gasteiger partial charge on any atom is 0.243 e. The van der Waals surface area contributed by atoms with Crippen molar-refractivity contribution in [3.8, 4) is 0 Å². The lowest BCUT2D eigenvalue weighted by molar-refractivity contribution is 0.345. The third-order valence-electron chi connectivity index (χ3n) is 4.00. The zero-order chi connectivity index (χ0) is 18.1. The minimum Gasteiger partial charge on any atom is -0.229 e.